The van der Waals surface area contributed by atoms with E-state index >= 15 is 0 Å². The number of carbonyl (C=O) groups excluding carboxylic acids is 2. The lowest BCUT2D eigenvalue weighted by atomic mass is 9.85. The molecule has 0 spiro atoms. The molecule has 0 radical (unpaired) electrons. The number of aromatic nitrogens is 1. The summed E-state index contributed by atoms with van der Waals surface area (Å²) in [6.45, 7) is 10.4. The van der Waals surface area contributed by atoms with Gasteiger partial charge in [-0.15, -0.1) is 0 Å². The zero-order valence-corrected chi connectivity index (χ0v) is 21.6. The SMILES string of the molecule is COc1ccc(C(C)(C)C)cc1/C(O)=C1\C(=O)C(=O)N(c2ccc(C(C)C)cc2)C1c1ccncc1. The summed E-state index contributed by atoms with van der Waals surface area (Å²) >= 11 is 0. The molecule has 4 rings (SSSR count). The minimum Gasteiger partial charge on any atom is -0.507 e. The molecule has 1 aromatic heterocycles. The second kappa shape index (κ2) is 9.61. The predicted molar refractivity (Wildman–Crippen MR) is 141 cm³/mol. The van der Waals surface area contributed by atoms with Crippen LogP contribution in [-0.2, 0) is 15.0 Å². The summed E-state index contributed by atoms with van der Waals surface area (Å²) in [6, 6.07) is 15.8. The Balaban J connectivity index is 1.95. The first kappa shape index (κ1) is 25.2. The van der Waals surface area contributed by atoms with Crippen molar-refractivity contribution in [2.45, 2.75) is 52.0 Å². The summed E-state index contributed by atoms with van der Waals surface area (Å²) in [5.41, 5.74) is 3.53. The number of amides is 1. The zero-order chi connectivity index (χ0) is 26.2. The number of rotatable bonds is 5. The van der Waals surface area contributed by atoms with Gasteiger partial charge < -0.3 is 9.84 Å². The number of ketones is 1. The van der Waals surface area contributed by atoms with E-state index in [9.17, 15) is 14.7 Å². The van der Waals surface area contributed by atoms with Crippen LogP contribution in [-0.4, -0.2) is 28.9 Å². The lowest BCUT2D eigenvalue weighted by Crippen LogP contribution is -2.29. The molecule has 36 heavy (non-hydrogen) atoms. The molecule has 0 bridgehead atoms. The van der Waals surface area contributed by atoms with Crippen LogP contribution < -0.4 is 9.64 Å². The van der Waals surface area contributed by atoms with Gasteiger partial charge in [-0.05, 0) is 64.4 Å². The second-order valence-corrected chi connectivity index (χ2v) is 10.4. The van der Waals surface area contributed by atoms with Crippen molar-refractivity contribution in [1.29, 1.82) is 0 Å². The molecule has 6 nitrogen and oxygen atoms in total. The minimum atomic E-state index is -0.819. The largest absolute Gasteiger partial charge is 0.507 e. The maximum absolute atomic E-state index is 13.5. The molecule has 3 aromatic rings. The van der Waals surface area contributed by atoms with Crippen LogP contribution in [0.25, 0.3) is 5.76 Å². The van der Waals surface area contributed by atoms with Gasteiger partial charge in [-0.3, -0.25) is 19.5 Å². The van der Waals surface area contributed by atoms with Crippen LogP contribution in [0.1, 0.15) is 68.8 Å². The standard InChI is InChI=1S/C30H32N2O4/c1-18(2)19-7-10-22(11-8-19)32-26(20-13-15-31-16-14-20)25(28(34)29(32)35)27(33)23-17-21(30(3,4)5)9-12-24(23)36-6/h7-18,26,33H,1-6H3/b27-25+. The Labute approximate surface area is 212 Å². The predicted octanol–water partition coefficient (Wildman–Crippen LogP) is 6.14. The highest BCUT2D eigenvalue weighted by molar-refractivity contribution is 6.51. The molecule has 1 unspecified atom stereocenters. The summed E-state index contributed by atoms with van der Waals surface area (Å²) in [7, 11) is 1.51. The Kier molecular flexibility index (Phi) is 6.72. The van der Waals surface area contributed by atoms with Crippen molar-refractivity contribution < 1.29 is 19.4 Å². The van der Waals surface area contributed by atoms with Crippen LogP contribution in [0.15, 0.2) is 72.6 Å². The molecule has 0 saturated carbocycles. The molecule has 0 aliphatic carbocycles. The van der Waals surface area contributed by atoms with Gasteiger partial charge in [0.2, 0.25) is 0 Å². The van der Waals surface area contributed by atoms with Crippen molar-refractivity contribution in [3.05, 3.63) is 94.8 Å². The third-order valence-electron chi connectivity index (χ3n) is 6.62. The first-order chi connectivity index (χ1) is 17.0. The fourth-order valence-electron chi connectivity index (χ4n) is 4.48. The number of carbonyl (C=O) groups is 2. The average molecular weight is 485 g/mol. The van der Waals surface area contributed by atoms with Gasteiger partial charge in [0, 0.05) is 18.1 Å². The summed E-state index contributed by atoms with van der Waals surface area (Å²) in [6.07, 6.45) is 3.22. The van der Waals surface area contributed by atoms with Gasteiger partial charge in [0.15, 0.2) is 0 Å². The topological polar surface area (TPSA) is 79.7 Å². The van der Waals surface area contributed by atoms with Crippen molar-refractivity contribution >= 4 is 23.1 Å². The van der Waals surface area contributed by atoms with Gasteiger partial charge in [-0.1, -0.05) is 52.8 Å². The van der Waals surface area contributed by atoms with E-state index < -0.39 is 17.7 Å². The summed E-state index contributed by atoms with van der Waals surface area (Å²) in [4.78, 5) is 32.4. The van der Waals surface area contributed by atoms with E-state index in [0.29, 0.717) is 28.5 Å². The number of hydrogen-bond donors (Lipinski definition) is 1. The molecule has 1 aliphatic rings. The first-order valence-electron chi connectivity index (χ1n) is 12.0. The Morgan fingerprint density at radius 2 is 1.64 bits per heavy atom. The average Bonchev–Trinajstić information content (AvgIpc) is 3.13. The molecular weight excluding hydrogens is 452 g/mol. The Morgan fingerprint density at radius 1 is 1.00 bits per heavy atom. The monoisotopic (exact) mass is 484 g/mol. The van der Waals surface area contributed by atoms with Crippen molar-refractivity contribution in [3.8, 4) is 5.75 Å². The van der Waals surface area contributed by atoms with Gasteiger partial charge >= 0.3 is 0 Å². The van der Waals surface area contributed by atoms with Gasteiger partial charge in [0.1, 0.15) is 11.5 Å². The second-order valence-electron chi connectivity index (χ2n) is 10.4. The first-order valence-corrected chi connectivity index (χ1v) is 12.0. The van der Waals surface area contributed by atoms with Gasteiger partial charge in [0.25, 0.3) is 11.7 Å². The van der Waals surface area contributed by atoms with Gasteiger partial charge in [-0.2, -0.15) is 0 Å². The maximum atomic E-state index is 13.5. The number of Topliss-reactive ketones (excluding diaryl/α,β-unsaturated/α-hetero) is 1. The number of benzene rings is 2. The van der Waals surface area contributed by atoms with Crippen LogP contribution in [0.5, 0.6) is 5.75 Å². The molecule has 2 heterocycles. The molecule has 1 atom stereocenters. The quantitative estimate of drug-likeness (QED) is 0.267. The number of aliphatic hydroxyl groups is 1. The van der Waals surface area contributed by atoms with E-state index in [2.05, 4.69) is 39.6 Å². The molecule has 1 N–H and O–H groups in total. The Bertz CT molecular complexity index is 1320. The number of methoxy groups -OCH3 is 1. The van der Waals surface area contributed by atoms with E-state index in [4.69, 9.17) is 4.74 Å². The van der Waals surface area contributed by atoms with Crippen LogP contribution in [0.4, 0.5) is 5.69 Å². The van der Waals surface area contributed by atoms with Crippen LogP contribution in [0.2, 0.25) is 0 Å². The van der Waals surface area contributed by atoms with E-state index in [1.165, 1.54) is 12.0 Å². The van der Waals surface area contributed by atoms with E-state index in [1.54, 1.807) is 30.6 Å². The maximum Gasteiger partial charge on any atom is 0.300 e. The fourth-order valence-corrected chi connectivity index (χ4v) is 4.48. The highest BCUT2D eigenvalue weighted by Crippen LogP contribution is 2.44. The Hall–Kier alpha value is -3.93. The number of hydrogen-bond acceptors (Lipinski definition) is 5. The number of aliphatic hydroxyl groups excluding tert-OH is 1. The molecule has 1 aliphatic heterocycles. The minimum absolute atomic E-state index is 0.0171. The number of anilines is 1. The van der Waals surface area contributed by atoms with Crippen molar-refractivity contribution in [2.75, 3.05) is 12.0 Å². The molecule has 6 heteroatoms. The molecule has 1 amide bonds. The molecular formula is C30H32N2O4. The normalized spacial score (nSPS) is 17.6. The summed E-state index contributed by atoms with van der Waals surface area (Å²) in [5, 5.41) is 11.6. The third kappa shape index (κ3) is 4.51. The Morgan fingerprint density at radius 3 is 2.19 bits per heavy atom. The van der Waals surface area contributed by atoms with Crippen LogP contribution in [0, 0.1) is 0 Å². The van der Waals surface area contributed by atoms with E-state index in [0.717, 1.165) is 11.1 Å². The summed E-state index contributed by atoms with van der Waals surface area (Å²) < 4.78 is 5.53. The van der Waals surface area contributed by atoms with Gasteiger partial charge in [-0.25, -0.2) is 0 Å². The molecule has 1 fully saturated rings. The van der Waals surface area contributed by atoms with Crippen LogP contribution >= 0.6 is 0 Å². The van der Waals surface area contributed by atoms with Gasteiger partial charge in [0.05, 0.1) is 24.3 Å². The highest BCUT2D eigenvalue weighted by Gasteiger charge is 2.47. The van der Waals surface area contributed by atoms with E-state index in [-0.39, 0.29) is 16.7 Å². The molecule has 186 valence electrons. The van der Waals surface area contributed by atoms with Crippen molar-refractivity contribution in [3.63, 3.8) is 0 Å². The van der Waals surface area contributed by atoms with E-state index in [1.807, 2.05) is 36.4 Å². The smallest absolute Gasteiger partial charge is 0.300 e. The number of pyridine rings is 1. The molecule has 2 aromatic carbocycles. The third-order valence-corrected chi connectivity index (χ3v) is 6.62. The van der Waals surface area contributed by atoms with Crippen molar-refractivity contribution in [1.82, 2.24) is 4.98 Å². The zero-order valence-electron chi connectivity index (χ0n) is 21.6. The highest BCUT2D eigenvalue weighted by atomic mass is 16.5. The summed E-state index contributed by atoms with van der Waals surface area (Å²) in [5.74, 6) is -0.957. The number of nitrogens with zero attached hydrogens (tertiary/aromatic N) is 2. The lowest BCUT2D eigenvalue weighted by Gasteiger charge is -2.26. The molecule has 1 saturated heterocycles. The van der Waals surface area contributed by atoms with Crippen LogP contribution in [0.3, 0.4) is 0 Å². The van der Waals surface area contributed by atoms with Crippen molar-refractivity contribution in [2.24, 2.45) is 0 Å². The lowest BCUT2D eigenvalue weighted by molar-refractivity contribution is -0.132. The fraction of sp³-hybridized carbons (Fsp3) is 0.300. The number of ether oxygens (including phenoxy) is 1.